The molecular formula is C65H136N2O8. The SMILES string of the molecule is C.C.C=O.CCCCCC(CCCCC)CCCOCOCC(C)(C)CCCCCCN1C[C@H](OC(=O)CCN(C)C)C[C@H]1C.CCCCCCCCC(CCCCCCCC)OCC(C)(C)CCCCCCOO. The van der Waals surface area contributed by atoms with Crippen LogP contribution in [0, 0.1) is 16.7 Å². The molecule has 1 aliphatic heterocycles. The van der Waals surface area contributed by atoms with Gasteiger partial charge in [0.15, 0.2) is 0 Å². The number of esters is 1. The molecule has 0 unspecified atom stereocenters. The number of carbonyl (C=O) groups excluding carboxylic acids is 2. The van der Waals surface area contributed by atoms with Crippen LogP contribution in [0.5, 0.6) is 0 Å². The molecular weight excluding hydrogens is 937 g/mol. The number of ether oxygens (including phenoxy) is 4. The number of hydrogen-bond acceptors (Lipinski definition) is 10. The first-order valence-corrected chi connectivity index (χ1v) is 31.1. The zero-order valence-corrected chi connectivity index (χ0v) is 50.8. The highest BCUT2D eigenvalue weighted by Crippen LogP contribution is 2.28. The van der Waals surface area contributed by atoms with E-state index in [0.717, 1.165) is 71.1 Å². The Kier molecular flexibility index (Phi) is 61.6. The molecule has 2 atom stereocenters. The quantitative estimate of drug-likeness (QED) is 0.0208. The van der Waals surface area contributed by atoms with E-state index in [1.54, 1.807) is 0 Å². The van der Waals surface area contributed by atoms with Gasteiger partial charge >= 0.3 is 5.97 Å². The molecule has 0 aromatic carbocycles. The van der Waals surface area contributed by atoms with E-state index in [9.17, 15) is 4.79 Å². The van der Waals surface area contributed by atoms with Gasteiger partial charge in [-0.2, -0.15) is 0 Å². The zero-order valence-electron chi connectivity index (χ0n) is 50.8. The van der Waals surface area contributed by atoms with E-state index in [-0.39, 0.29) is 37.8 Å². The molecule has 0 aromatic rings. The highest BCUT2D eigenvalue weighted by atomic mass is 17.1. The lowest BCUT2D eigenvalue weighted by molar-refractivity contribution is -0.242. The summed E-state index contributed by atoms with van der Waals surface area (Å²) in [5, 5.41) is 8.39. The van der Waals surface area contributed by atoms with E-state index in [2.05, 4.69) is 72.1 Å². The molecule has 75 heavy (non-hydrogen) atoms. The average Bonchev–Trinajstić information content (AvgIpc) is 3.71. The van der Waals surface area contributed by atoms with Crippen molar-refractivity contribution in [2.45, 2.75) is 327 Å². The lowest BCUT2D eigenvalue weighted by Crippen LogP contribution is -2.29. The van der Waals surface area contributed by atoms with Gasteiger partial charge in [0.05, 0.1) is 32.3 Å². The van der Waals surface area contributed by atoms with Crippen molar-refractivity contribution in [1.82, 2.24) is 9.80 Å². The summed E-state index contributed by atoms with van der Waals surface area (Å²) in [6, 6.07) is 0.498. The molecule has 0 radical (unpaired) electrons. The molecule has 0 saturated carbocycles. The van der Waals surface area contributed by atoms with Crippen LogP contribution in [0.25, 0.3) is 0 Å². The summed E-state index contributed by atoms with van der Waals surface area (Å²) in [4.78, 5) is 28.7. The van der Waals surface area contributed by atoms with Crippen LogP contribution in [-0.4, -0.2) is 113 Å². The summed E-state index contributed by atoms with van der Waals surface area (Å²) in [5.41, 5.74) is 0.453. The molecule has 0 aliphatic carbocycles. The Morgan fingerprint density at radius 2 is 1.05 bits per heavy atom. The van der Waals surface area contributed by atoms with Crippen molar-refractivity contribution in [3.8, 4) is 0 Å². The minimum absolute atomic E-state index is 0. The third kappa shape index (κ3) is 54.6. The topological polar surface area (TPSA) is 107 Å². The standard InChI is InChI=1S/C35H70N2O4.C27H56O3.CH2O.2CH4/c1-8-10-14-19-32(20-15-11-9-2)21-18-26-39-30-40-29-35(4,5)23-16-12-13-17-24-37-28-33(27-31(37)3)41-34(38)22-25-36(6)7;1-5-7-9-11-13-17-21-26(22-18-14-12-10-8-6-2)29-25-27(3,4)23-19-15-16-20-24-30-28;1-2;;/h31-33H,8-30H2,1-7H3;26,28H,5-25H2,1-4H3;1H2;2*1H4/t31-,33-;;;;/m1..../s1. The van der Waals surface area contributed by atoms with E-state index in [1.807, 2.05) is 25.8 Å². The van der Waals surface area contributed by atoms with Crippen LogP contribution < -0.4 is 0 Å². The summed E-state index contributed by atoms with van der Waals surface area (Å²) in [6.45, 7) is 28.9. The lowest BCUT2D eigenvalue weighted by Gasteiger charge is -2.28. The molecule has 1 heterocycles. The van der Waals surface area contributed by atoms with Gasteiger partial charge in [-0.15, -0.1) is 0 Å². The molecule has 0 aromatic heterocycles. The second-order valence-corrected chi connectivity index (χ2v) is 24.2. The van der Waals surface area contributed by atoms with Crippen LogP contribution in [0.2, 0.25) is 0 Å². The molecule has 0 bridgehead atoms. The average molecular weight is 1070 g/mol. The first-order valence-electron chi connectivity index (χ1n) is 31.1. The Labute approximate surface area is 469 Å². The molecule has 0 amide bonds. The Balaban J connectivity index is -0.000000662. The second kappa shape index (κ2) is 57.5. The summed E-state index contributed by atoms with van der Waals surface area (Å²) < 4.78 is 24.0. The largest absolute Gasteiger partial charge is 0.461 e. The van der Waals surface area contributed by atoms with Crippen molar-refractivity contribution in [3.63, 3.8) is 0 Å². The second-order valence-electron chi connectivity index (χ2n) is 24.2. The number of hydrogen-bond donors (Lipinski definition) is 1. The summed E-state index contributed by atoms with van der Waals surface area (Å²) in [7, 11) is 3.97. The van der Waals surface area contributed by atoms with Crippen molar-refractivity contribution < 1.29 is 38.7 Å². The van der Waals surface area contributed by atoms with Crippen LogP contribution >= 0.6 is 0 Å². The normalized spacial score (nSPS) is 14.9. The van der Waals surface area contributed by atoms with Gasteiger partial charge in [-0.3, -0.25) is 15.0 Å². The third-order valence-corrected chi connectivity index (χ3v) is 15.1. The van der Waals surface area contributed by atoms with Crippen molar-refractivity contribution in [3.05, 3.63) is 0 Å². The summed E-state index contributed by atoms with van der Waals surface area (Å²) in [5.74, 6) is 0.824. The van der Waals surface area contributed by atoms with Gasteiger partial charge in [-0.1, -0.05) is 237 Å². The number of likely N-dealkylation sites (tertiary alicyclic amines) is 1. The molecule has 1 N–H and O–H groups in total. The molecule has 1 fully saturated rings. The minimum atomic E-state index is -0.0598. The van der Waals surface area contributed by atoms with Crippen molar-refractivity contribution in [2.75, 3.05) is 67.0 Å². The molecule has 10 heteroatoms. The number of rotatable bonds is 51. The molecule has 1 rings (SSSR count). The van der Waals surface area contributed by atoms with E-state index in [0.29, 0.717) is 32.0 Å². The highest BCUT2D eigenvalue weighted by Gasteiger charge is 2.31. The first kappa shape index (κ1) is 80.3. The van der Waals surface area contributed by atoms with Gasteiger partial charge < -0.3 is 28.6 Å². The van der Waals surface area contributed by atoms with Crippen molar-refractivity contribution in [2.24, 2.45) is 16.7 Å². The third-order valence-electron chi connectivity index (χ3n) is 15.1. The summed E-state index contributed by atoms with van der Waals surface area (Å²) in [6.07, 6.45) is 46.2. The first-order chi connectivity index (χ1) is 35.2. The smallest absolute Gasteiger partial charge is 0.307 e. The van der Waals surface area contributed by atoms with E-state index < -0.39 is 0 Å². The predicted molar refractivity (Wildman–Crippen MR) is 325 cm³/mol. The maximum atomic E-state index is 12.1. The molecule has 1 saturated heterocycles. The van der Waals surface area contributed by atoms with Crippen LogP contribution in [-0.2, 0) is 33.4 Å². The Hall–Kier alpha value is -1.14. The Morgan fingerprint density at radius 3 is 1.59 bits per heavy atom. The van der Waals surface area contributed by atoms with Crippen LogP contribution in [0.3, 0.4) is 0 Å². The predicted octanol–water partition coefficient (Wildman–Crippen LogP) is 18.9. The highest BCUT2D eigenvalue weighted by molar-refractivity contribution is 5.69. The lowest BCUT2D eigenvalue weighted by atomic mass is 9.87. The van der Waals surface area contributed by atoms with Crippen molar-refractivity contribution in [1.29, 1.82) is 0 Å². The van der Waals surface area contributed by atoms with Gasteiger partial charge in [-0.25, -0.2) is 4.89 Å². The van der Waals surface area contributed by atoms with Gasteiger partial charge in [0.2, 0.25) is 0 Å². The Morgan fingerprint density at radius 1 is 0.600 bits per heavy atom. The van der Waals surface area contributed by atoms with Gasteiger partial charge in [0.25, 0.3) is 0 Å². The fourth-order valence-electron chi connectivity index (χ4n) is 10.2. The molecule has 454 valence electrons. The van der Waals surface area contributed by atoms with Crippen LogP contribution in [0.4, 0.5) is 0 Å². The molecule has 1 aliphatic rings. The monoisotopic (exact) mass is 1070 g/mol. The fourth-order valence-corrected chi connectivity index (χ4v) is 10.2. The van der Waals surface area contributed by atoms with Crippen LogP contribution in [0.15, 0.2) is 0 Å². The van der Waals surface area contributed by atoms with Gasteiger partial charge in [-0.05, 0) is 95.7 Å². The number of carbonyl (C=O) groups is 2. The molecule has 10 nitrogen and oxygen atoms in total. The minimum Gasteiger partial charge on any atom is -0.461 e. The molecule has 0 spiro atoms. The summed E-state index contributed by atoms with van der Waals surface area (Å²) >= 11 is 0. The number of unbranched alkanes of at least 4 members (excludes halogenated alkanes) is 20. The Bertz CT molecular complexity index is 1120. The maximum absolute atomic E-state index is 12.1. The van der Waals surface area contributed by atoms with Crippen LogP contribution in [0.1, 0.15) is 308 Å². The zero-order chi connectivity index (χ0) is 54.7. The number of nitrogens with zero attached hydrogens (tertiary/aromatic N) is 2. The van der Waals surface area contributed by atoms with E-state index in [1.165, 1.54) is 199 Å². The van der Waals surface area contributed by atoms with E-state index in [4.69, 9.17) is 29.0 Å². The maximum Gasteiger partial charge on any atom is 0.307 e. The van der Waals surface area contributed by atoms with Gasteiger partial charge in [0, 0.05) is 32.2 Å². The fraction of sp³-hybridized carbons (Fsp3) is 0.969. The van der Waals surface area contributed by atoms with Crippen molar-refractivity contribution >= 4 is 12.8 Å². The van der Waals surface area contributed by atoms with E-state index >= 15 is 0 Å². The van der Waals surface area contributed by atoms with Gasteiger partial charge in [0.1, 0.15) is 19.7 Å².